The van der Waals surface area contributed by atoms with Crippen molar-refractivity contribution < 1.29 is 0 Å². The lowest BCUT2D eigenvalue weighted by Gasteiger charge is -2.32. The predicted octanol–water partition coefficient (Wildman–Crippen LogP) is 4.21. The van der Waals surface area contributed by atoms with E-state index in [1.54, 1.807) is 0 Å². The van der Waals surface area contributed by atoms with Gasteiger partial charge in [0.25, 0.3) is 0 Å². The number of halogens is 1. The average molecular weight is 300 g/mol. The van der Waals surface area contributed by atoms with E-state index in [1.807, 2.05) is 6.92 Å². The Morgan fingerprint density at radius 1 is 1.20 bits per heavy atom. The first-order valence-corrected chi connectivity index (χ1v) is 8.33. The summed E-state index contributed by atoms with van der Waals surface area (Å²) < 4.78 is 2.07. The number of aromatic nitrogens is 2. The van der Waals surface area contributed by atoms with Crippen LogP contribution in [0.2, 0.25) is 5.02 Å². The highest BCUT2D eigenvalue weighted by Gasteiger charge is 2.29. The van der Waals surface area contributed by atoms with Gasteiger partial charge in [-0.3, -0.25) is 4.68 Å². The van der Waals surface area contributed by atoms with Crippen LogP contribution in [0, 0.1) is 12.3 Å². The normalized spacial score (nSPS) is 12.1. The Kier molecular flexibility index (Phi) is 7.04. The molecule has 1 aromatic heterocycles. The van der Waals surface area contributed by atoms with Crippen LogP contribution < -0.4 is 5.32 Å². The molecule has 0 atom stereocenters. The zero-order chi connectivity index (χ0) is 15.2. The van der Waals surface area contributed by atoms with E-state index in [0.29, 0.717) is 0 Å². The molecule has 0 saturated heterocycles. The van der Waals surface area contributed by atoms with Gasteiger partial charge in [0.2, 0.25) is 0 Å². The summed E-state index contributed by atoms with van der Waals surface area (Å²) in [6, 6.07) is 0. The average Bonchev–Trinajstić information content (AvgIpc) is 2.73. The van der Waals surface area contributed by atoms with Gasteiger partial charge >= 0.3 is 0 Å². The van der Waals surface area contributed by atoms with Crippen LogP contribution in [-0.4, -0.2) is 22.9 Å². The SMILES string of the molecule is CCCNCC(CC)(CC)Cc1c(Cl)c(C)nn1CC. The van der Waals surface area contributed by atoms with Crippen molar-refractivity contribution in [3.05, 3.63) is 16.4 Å². The van der Waals surface area contributed by atoms with Crippen LogP contribution in [0.4, 0.5) is 0 Å². The van der Waals surface area contributed by atoms with Crippen LogP contribution in [0.3, 0.4) is 0 Å². The van der Waals surface area contributed by atoms with Crippen molar-refractivity contribution in [3.63, 3.8) is 0 Å². The topological polar surface area (TPSA) is 29.9 Å². The van der Waals surface area contributed by atoms with Gasteiger partial charge < -0.3 is 5.32 Å². The van der Waals surface area contributed by atoms with Crippen molar-refractivity contribution in [1.82, 2.24) is 15.1 Å². The van der Waals surface area contributed by atoms with Crippen LogP contribution in [0.1, 0.15) is 58.3 Å². The molecule has 0 unspecified atom stereocenters. The highest BCUT2D eigenvalue weighted by Crippen LogP contribution is 2.34. The van der Waals surface area contributed by atoms with Gasteiger partial charge in [0.1, 0.15) is 0 Å². The Morgan fingerprint density at radius 2 is 1.85 bits per heavy atom. The number of nitrogens with zero attached hydrogens (tertiary/aromatic N) is 2. The van der Waals surface area contributed by atoms with Crippen molar-refractivity contribution in [2.24, 2.45) is 5.41 Å². The molecular weight excluding hydrogens is 270 g/mol. The largest absolute Gasteiger partial charge is 0.316 e. The van der Waals surface area contributed by atoms with Crippen molar-refractivity contribution in [1.29, 1.82) is 0 Å². The number of nitrogens with one attached hydrogen (secondary N) is 1. The van der Waals surface area contributed by atoms with E-state index in [4.69, 9.17) is 11.6 Å². The Balaban J connectivity index is 2.94. The summed E-state index contributed by atoms with van der Waals surface area (Å²) in [7, 11) is 0. The predicted molar refractivity (Wildman–Crippen MR) is 87.5 cm³/mol. The summed E-state index contributed by atoms with van der Waals surface area (Å²) in [6.07, 6.45) is 4.50. The molecule has 0 spiro atoms. The minimum atomic E-state index is 0.276. The zero-order valence-electron chi connectivity index (χ0n) is 13.7. The van der Waals surface area contributed by atoms with Crippen molar-refractivity contribution in [2.75, 3.05) is 13.1 Å². The molecule has 0 aromatic carbocycles. The molecule has 20 heavy (non-hydrogen) atoms. The third-order valence-corrected chi connectivity index (χ3v) is 4.91. The van der Waals surface area contributed by atoms with Crippen LogP contribution in [0.5, 0.6) is 0 Å². The highest BCUT2D eigenvalue weighted by molar-refractivity contribution is 6.31. The number of hydrogen-bond donors (Lipinski definition) is 1. The number of hydrogen-bond acceptors (Lipinski definition) is 2. The molecule has 0 fully saturated rings. The molecule has 0 amide bonds. The van der Waals surface area contributed by atoms with Gasteiger partial charge in [0.15, 0.2) is 0 Å². The van der Waals surface area contributed by atoms with Crippen LogP contribution >= 0.6 is 11.6 Å². The first-order chi connectivity index (χ1) is 9.53. The van der Waals surface area contributed by atoms with Gasteiger partial charge in [-0.1, -0.05) is 32.4 Å². The molecule has 0 bridgehead atoms. The number of rotatable bonds is 9. The second-order valence-electron chi connectivity index (χ2n) is 5.72. The van der Waals surface area contributed by atoms with Gasteiger partial charge in [-0.05, 0) is 51.5 Å². The van der Waals surface area contributed by atoms with Gasteiger partial charge in [-0.15, -0.1) is 0 Å². The molecule has 0 aliphatic rings. The van der Waals surface area contributed by atoms with Crippen LogP contribution in [-0.2, 0) is 13.0 Å². The molecule has 1 aromatic rings. The second-order valence-corrected chi connectivity index (χ2v) is 6.10. The minimum absolute atomic E-state index is 0.276. The first kappa shape index (κ1) is 17.5. The van der Waals surface area contributed by atoms with E-state index in [2.05, 4.69) is 42.8 Å². The molecule has 3 nitrogen and oxygen atoms in total. The number of aryl methyl sites for hydroxylation is 2. The second kappa shape index (κ2) is 8.04. The molecule has 1 rings (SSSR count). The van der Waals surface area contributed by atoms with Crippen LogP contribution in [0.25, 0.3) is 0 Å². The molecule has 116 valence electrons. The maximum atomic E-state index is 6.47. The standard InChI is InChI=1S/C16H30ClN3/c1-6-10-18-12-16(7-2,8-3)11-14-15(17)13(5)19-20(14)9-4/h18H,6-12H2,1-5H3. The van der Waals surface area contributed by atoms with E-state index >= 15 is 0 Å². The van der Waals surface area contributed by atoms with Gasteiger partial charge in [0, 0.05) is 13.1 Å². The van der Waals surface area contributed by atoms with E-state index in [9.17, 15) is 0 Å². The Hall–Kier alpha value is -0.540. The monoisotopic (exact) mass is 299 g/mol. The molecule has 0 aliphatic carbocycles. The lowest BCUT2D eigenvalue weighted by molar-refractivity contribution is 0.241. The molecule has 4 heteroatoms. The van der Waals surface area contributed by atoms with E-state index in [-0.39, 0.29) is 5.41 Å². The Bertz CT molecular complexity index is 408. The maximum absolute atomic E-state index is 6.47. The Morgan fingerprint density at radius 3 is 2.35 bits per heavy atom. The van der Waals surface area contributed by atoms with E-state index in [0.717, 1.165) is 49.6 Å². The van der Waals surface area contributed by atoms with Crippen molar-refractivity contribution in [2.45, 2.75) is 66.8 Å². The van der Waals surface area contributed by atoms with Crippen LogP contribution in [0.15, 0.2) is 0 Å². The van der Waals surface area contributed by atoms with Gasteiger partial charge in [-0.25, -0.2) is 0 Å². The first-order valence-electron chi connectivity index (χ1n) is 7.96. The third-order valence-electron chi connectivity index (χ3n) is 4.42. The molecule has 0 radical (unpaired) electrons. The summed E-state index contributed by atoms with van der Waals surface area (Å²) in [5.74, 6) is 0. The molecule has 1 N–H and O–H groups in total. The zero-order valence-corrected chi connectivity index (χ0v) is 14.5. The van der Waals surface area contributed by atoms with Crippen molar-refractivity contribution in [3.8, 4) is 0 Å². The maximum Gasteiger partial charge on any atom is 0.0847 e. The third kappa shape index (κ3) is 3.98. The fourth-order valence-electron chi connectivity index (χ4n) is 2.74. The van der Waals surface area contributed by atoms with Gasteiger partial charge in [-0.2, -0.15) is 5.10 Å². The van der Waals surface area contributed by atoms with Gasteiger partial charge in [0.05, 0.1) is 16.4 Å². The smallest absolute Gasteiger partial charge is 0.0847 e. The van der Waals surface area contributed by atoms with Crippen molar-refractivity contribution >= 4 is 11.6 Å². The quantitative estimate of drug-likeness (QED) is 0.692. The fourth-order valence-corrected chi connectivity index (χ4v) is 2.94. The lowest BCUT2D eigenvalue weighted by Crippen LogP contribution is -2.36. The molecule has 0 saturated carbocycles. The Labute approximate surface area is 129 Å². The molecule has 1 heterocycles. The summed E-state index contributed by atoms with van der Waals surface area (Å²) in [5, 5.41) is 8.99. The fraction of sp³-hybridized carbons (Fsp3) is 0.812. The summed E-state index contributed by atoms with van der Waals surface area (Å²) >= 11 is 6.47. The molecule has 0 aliphatic heterocycles. The van der Waals surface area contributed by atoms with E-state index < -0.39 is 0 Å². The molecular formula is C16H30ClN3. The highest BCUT2D eigenvalue weighted by atomic mass is 35.5. The summed E-state index contributed by atoms with van der Waals surface area (Å²) in [5.41, 5.74) is 2.43. The summed E-state index contributed by atoms with van der Waals surface area (Å²) in [4.78, 5) is 0. The summed E-state index contributed by atoms with van der Waals surface area (Å²) in [6.45, 7) is 13.9. The van der Waals surface area contributed by atoms with E-state index in [1.165, 1.54) is 12.1 Å². The minimum Gasteiger partial charge on any atom is -0.316 e. The lowest BCUT2D eigenvalue weighted by atomic mass is 9.78.